The Labute approximate surface area is 136 Å². The number of rotatable bonds is 4. The summed E-state index contributed by atoms with van der Waals surface area (Å²) in [6.45, 7) is 2.81. The predicted molar refractivity (Wildman–Crippen MR) is 80.0 cm³/mol. The Morgan fingerprint density at radius 1 is 1.17 bits per heavy atom. The summed E-state index contributed by atoms with van der Waals surface area (Å²) < 4.78 is 38.2. The molecule has 2 amide bonds. The second kappa shape index (κ2) is 6.03. The molecule has 0 unspecified atom stereocenters. The van der Waals surface area contributed by atoms with E-state index < -0.39 is 29.0 Å². The quantitative estimate of drug-likeness (QED) is 0.817. The monoisotopic (exact) mass is 348 g/mol. The van der Waals surface area contributed by atoms with Crippen molar-refractivity contribution in [3.8, 4) is 0 Å². The molecule has 126 valence electrons. The van der Waals surface area contributed by atoms with Crippen molar-refractivity contribution in [2.24, 2.45) is 5.41 Å². The van der Waals surface area contributed by atoms with Crippen LogP contribution in [0.2, 0.25) is 5.02 Å². The third-order valence-electron chi connectivity index (χ3n) is 3.59. The number of carbonyl (C=O) groups excluding carboxylic acids is 2. The first-order valence-corrected chi connectivity index (χ1v) is 7.39. The van der Waals surface area contributed by atoms with Gasteiger partial charge in [-0.1, -0.05) is 11.6 Å². The normalized spacial score (nSPS) is 15.2. The lowest BCUT2D eigenvalue weighted by Crippen LogP contribution is -2.45. The first-order chi connectivity index (χ1) is 10.5. The van der Waals surface area contributed by atoms with Crippen molar-refractivity contribution in [2.75, 3.05) is 5.32 Å². The molecule has 0 bridgehead atoms. The van der Waals surface area contributed by atoms with E-state index in [9.17, 15) is 22.8 Å². The van der Waals surface area contributed by atoms with Gasteiger partial charge in [0.05, 0.1) is 16.3 Å². The molecule has 0 saturated heterocycles. The number of nitrogens with one attached hydrogen (secondary N) is 2. The maximum absolute atomic E-state index is 12.7. The van der Waals surface area contributed by atoms with E-state index in [0.29, 0.717) is 0 Å². The number of alkyl halides is 3. The Hall–Kier alpha value is -1.76. The van der Waals surface area contributed by atoms with Gasteiger partial charge in [-0.15, -0.1) is 0 Å². The van der Waals surface area contributed by atoms with Crippen LogP contribution < -0.4 is 10.6 Å². The Bertz CT molecular complexity index is 640. The molecule has 2 rings (SSSR count). The van der Waals surface area contributed by atoms with E-state index in [4.69, 9.17) is 11.6 Å². The van der Waals surface area contributed by atoms with E-state index in [1.165, 1.54) is 13.8 Å². The molecule has 0 aromatic heterocycles. The molecule has 1 aromatic rings. The lowest BCUT2D eigenvalue weighted by molar-refractivity contribution is -0.139. The van der Waals surface area contributed by atoms with Crippen molar-refractivity contribution in [2.45, 2.75) is 38.9 Å². The molecule has 0 radical (unpaired) electrons. The van der Waals surface area contributed by atoms with E-state index in [1.54, 1.807) is 0 Å². The Morgan fingerprint density at radius 3 is 2.30 bits per heavy atom. The lowest BCUT2D eigenvalue weighted by Gasteiger charge is -2.23. The zero-order chi connectivity index (χ0) is 17.4. The van der Waals surface area contributed by atoms with Crippen molar-refractivity contribution < 1.29 is 22.8 Å². The van der Waals surface area contributed by atoms with E-state index in [0.717, 1.165) is 31.0 Å². The maximum atomic E-state index is 12.7. The molecule has 4 nitrogen and oxygen atoms in total. The van der Waals surface area contributed by atoms with Crippen molar-refractivity contribution >= 4 is 29.1 Å². The standard InChI is InChI=1S/C15H16ClF3N2O2/c1-14(2,12(22)20-9-4-5-9)13(23)21-11-7-8(15(17,18)19)3-6-10(11)16/h3,6-7,9H,4-5H2,1-2H3,(H,20,22)(H,21,23). The SMILES string of the molecule is CC(C)(C(=O)Nc1cc(C(F)(F)F)ccc1Cl)C(=O)NC1CC1. The number of carbonyl (C=O) groups is 2. The fraction of sp³-hybridized carbons (Fsp3) is 0.467. The van der Waals surface area contributed by atoms with Crippen molar-refractivity contribution in [3.63, 3.8) is 0 Å². The fourth-order valence-corrected chi connectivity index (χ4v) is 1.94. The number of amides is 2. The molecular weight excluding hydrogens is 333 g/mol. The maximum Gasteiger partial charge on any atom is 0.416 e. The number of hydrogen-bond donors (Lipinski definition) is 2. The molecule has 0 atom stereocenters. The first-order valence-electron chi connectivity index (χ1n) is 7.01. The number of benzene rings is 1. The molecule has 1 aliphatic rings. The highest BCUT2D eigenvalue weighted by molar-refractivity contribution is 6.34. The van der Waals surface area contributed by atoms with Gasteiger partial charge in [0.2, 0.25) is 11.8 Å². The fourth-order valence-electron chi connectivity index (χ4n) is 1.77. The van der Waals surface area contributed by atoms with Crippen LogP contribution >= 0.6 is 11.6 Å². The van der Waals surface area contributed by atoms with Crippen LogP contribution in [0.3, 0.4) is 0 Å². The van der Waals surface area contributed by atoms with E-state index in [-0.39, 0.29) is 16.8 Å². The highest BCUT2D eigenvalue weighted by atomic mass is 35.5. The summed E-state index contributed by atoms with van der Waals surface area (Å²) in [6, 6.07) is 2.70. The van der Waals surface area contributed by atoms with Crippen LogP contribution in [0.4, 0.5) is 18.9 Å². The zero-order valence-electron chi connectivity index (χ0n) is 12.6. The van der Waals surface area contributed by atoms with E-state index in [1.807, 2.05) is 0 Å². The zero-order valence-corrected chi connectivity index (χ0v) is 13.3. The van der Waals surface area contributed by atoms with Crippen LogP contribution in [0.15, 0.2) is 18.2 Å². The van der Waals surface area contributed by atoms with Crippen LogP contribution in [0, 0.1) is 5.41 Å². The molecule has 1 fully saturated rings. The summed E-state index contributed by atoms with van der Waals surface area (Å²) in [6.07, 6.45) is -2.82. The molecule has 1 saturated carbocycles. The molecule has 1 aliphatic carbocycles. The molecule has 2 N–H and O–H groups in total. The highest BCUT2D eigenvalue weighted by Gasteiger charge is 2.39. The van der Waals surface area contributed by atoms with Crippen LogP contribution in [-0.4, -0.2) is 17.9 Å². The summed E-state index contributed by atoms with van der Waals surface area (Å²) in [7, 11) is 0. The molecule has 23 heavy (non-hydrogen) atoms. The molecular formula is C15H16ClF3N2O2. The van der Waals surface area contributed by atoms with Gasteiger partial charge in [-0.05, 0) is 44.9 Å². The summed E-state index contributed by atoms with van der Waals surface area (Å²) in [4.78, 5) is 24.4. The minimum absolute atomic E-state index is 0.0373. The van der Waals surface area contributed by atoms with Gasteiger partial charge in [0.25, 0.3) is 0 Å². The van der Waals surface area contributed by atoms with Crippen LogP contribution in [-0.2, 0) is 15.8 Å². The average Bonchev–Trinajstić information content (AvgIpc) is 3.23. The largest absolute Gasteiger partial charge is 0.416 e. The van der Waals surface area contributed by atoms with Crippen molar-refractivity contribution in [1.82, 2.24) is 5.32 Å². The second-order valence-electron chi connectivity index (χ2n) is 6.02. The van der Waals surface area contributed by atoms with Gasteiger partial charge < -0.3 is 10.6 Å². The molecule has 0 heterocycles. The number of hydrogen-bond acceptors (Lipinski definition) is 2. The van der Waals surface area contributed by atoms with Crippen molar-refractivity contribution in [3.05, 3.63) is 28.8 Å². The van der Waals surface area contributed by atoms with Gasteiger partial charge in [0.15, 0.2) is 0 Å². The Balaban J connectivity index is 2.17. The second-order valence-corrected chi connectivity index (χ2v) is 6.43. The molecule has 0 spiro atoms. The minimum atomic E-state index is -4.55. The highest BCUT2D eigenvalue weighted by Crippen LogP contribution is 2.34. The van der Waals surface area contributed by atoms with Gasteiger partial charge in [-0.25, -0.2) is 0 Å². The van der Waals surface area contributed by atoms with E-state index in [2.05, 4.69) is 10.6 Å². The minimum Gasteiger partial charge on any atom is -0.352 e. The summed E-state index contributed by atoms with van der Waals surface area (Å²) >= 11 is 5.83. The van der Waals surface area contributed by atoms with Crippen molar-refractivity contribution in [1.29, 1.82) is 0 Å². The topological polar surface area (TPSA) is 58.2 Å². The molecule has 0 aliphatic heterocycles. The third-order valence-corrected chi connectivity index (χ3v) is 3.92. The van der Waals surface area contributed by atoms with Crippen LogP contribution in [0.1, 0.15) is 32.3 Å². The summed E-state index contributed by atoms with van der Waals surface area (Å²) in [5.41, 5.74) is -2.55. The summed E-state index contributed by atoms with van der Waals surface area (Å²) in [5.74, 6) is -1.20. The summed E-state index contributed by atoms with van der Waals surface area (Å²) in [5, 5.41) is 4.97. The predicted octanol–water partition coefficient (Wildman–Crippen LogP) is 3.60. The average molecular weight is 349 g/mol. The van der Waals surface area contributed by atoms with Gasteiger partial charge in [0.1, 0.15) is 5.41 Å². The number of anilines is 1. The smallest absolute Gasteiger partial charge is 0.352 e. The van der Waals surface area contributed by atoms with E-state index >= 15 is 0 Å². The first kappa shape index (κ1) is 17.6. The van der Waals surface area contributed by atoms with Gasteiger partial charge in [0, 0.05) is 6.04 Å². The molecule has 8 heteroatoms. The van der Waals surface area contributed by atoms with Crippen LogP contribution in [0.5, 0.6) is 0 Å². The van der Waals surface area contributed by atoms with Crippen LogP contribution in [0.25, 0.3) is 0 Å². The Morgan fingerprint density at radius 2 is 1.78 bits per heavy atom. The lowest BCUT2D eigenvalue weighted by atomic mass is 9.91. The Kier molecular flexibility index (Phi) is 4.61. The van der Waals surface area contributed by atoms with Gasteiger partial charge in [-0.3, -0.25) is 9.59 Å². The number of halogens is 4. The van der Waals surface area contributed by atoms with Gasteiger partial charge in [-0.2, -0.15) is 13.2 Å². The third kappa shape index (κ3) is 4.16. The van der Waals surface area contributed by atoms with Gasteiger partial charge >= 0.3 is 6.18 Å². The molecule has 1 aromatic carbocycles.